The number of anilines is 2. The zero-order valence-corrected chi connectivity index (χ0v) is 16.3. The monoisotopic (exact) mass is 383 g/mol. The van der Waals surface area contributed by atoms with Gasteiger partial charge in [0.05, 0.1) is 18.6 Å². The van der Waals surface area contributed by atoms with Crippen molar-refractivity contribution in [3.63, 3.8) is 0 Å². The van der Waals surface area contributed by atoms with Gasteiger partial charge in [-0.2, -0.15) is 0 Å². The number of sulfonamides is 1. The maximum atomic E-state index is 12.5. The van der Waals surface area contributed by atoms with E-state index in [1.54, 1.807) is 25.1 Å². The maximum Gasteiger partial charge on any atom is 0.232 e. The van der Waals surface area contributed by atoms with Crippen LogP contribution < -0.4 is 20.5 Å². The molecule has 0 saturated heterocycles. The largest absolute Gasteiger partial charge is 0.494 e. The van der Waals surface area contributed by atoms with Crippen LogP contribution in [0.3, 0.4) is 0 Å². The molecule has 0 bridgehead atoms. The second-order valence-electron chi connectivity index (χ2n) is 6.91. The molecule has 4 N–H and O–H groups in total. The second kappa shape index (κ2) is 8.73. The number of ether oxygens (including phenoxy) is 1. The number of nitrogens with one attached hydrogen (secondary N) is 2. The van der Waals surface area contributed by atoms with Gasteiger partial charge in [0.2, 0.25) is 15.9 Å². The van der Waals surface area contributed by atoms with Gasteiger partial charge in [0, 0.05) is 18.2 Å². The van der Waals surface area contributed by atoms with Gasteiger partial charge in [-0.05, 0) is 43.9 Å². The van der Waals surface area contributed by atoms with E-state index in [2.05, 4.69) is 10.0 Å². The fourth-order valence-corrected chi connectivity index (χ4v) is 4.04. The van der Waals surface area contributed by atoms with E-state index in [0.29, 0.717) is 30.1 Å². The van der Waals surface area contributed by atoms with E-state index in [1.165, 1.54) is 13.5 Å². The third-order valence-electron chi connectivity index (χ3n) is 5.01. The van der Waals surface area contributed by atoms with E-state index in [-0.39, 0.29) is 17.1 Å². The quantitative estimate of drug-likeness (QED) is 0.639. The molecular weight excluding hydrogens is 354 g/mol. The van der Waals surface area contributed by atoms with Gasteiger partial charge in [-0.25, -0.2) is 8.42 Å². The molecule has 2 rings (SSSR count). The van der Waals surface area contributed by atoms with Crippen LogP contribution in [0.4, 0.5) is 11.4 Å². The summed E-state index contributed by atoms with van der Waals surface area (Å²) < 4.78 is 31.2. The fourth-order valence-electron chi connectivity index (χ4n) is 3.39. The molecule has 0 aliphatic heterocycles. The molecule has 146 valence electrons. The van der Waals surface area contributed by atoms with Crippen LogP contribution in [0.5, 0.6) is 5.75 Å². The Bertz CT molecular complexity index is 728. The molecule has 7 nitrogen and oxygen atoms in total. The first-order valence-corrected chi connectivity index (χ1v) is 10.7. The van der Waals surface area contributed by atoms with E-state index < -0.39 is 10.0 Å². The molecule has 0 spiro atoms. The highest BCUT2D eigenvalue weighted by molar-refractivity contribution is 7.92. The van der Waals surface area contributed by atoms with Crippen LogP contribution in [0, 0.1) is 5.41 Å². The first kappa shape index (κ1) is 20.5. The van der Waals surface area contributed by atoms with Crippen LogP contribution in [0.2, 0.25) is 0 Å². The third kappa shape index (κ3) is 5.35. The third-order valence-corrected chi connectivity index (χ3v) is 6.30. The molecule has 1 amide bonds. The highest BCUT2D eigenvalue weighted by Gasteiger charge is 2.33. The standard InChI is InChI=1S/C18H29N3O4S/c1-3-26(23,24)21-15-8-7-14(11-16(15)25-2)20-17(22)12-18(13-19)9-5-4-6-10-18/h7-8,11,21H,3-6,9-10,12-13,19H2,1-2H3,(H,20,22). The smallest absolute Gasteiger partial charge is 0.232 e. The van der Waals surface area contributed by atoms with E-state index in [4.69, 9.17) is 10.5 Å². The van der Waals surface area contributed by atoms with Gasteiger partial charge >= 0.3 is 0 Å². The van der Waals surface area contributed by atoms with Gasteiger partial charge in [-0.1, -0.05) is 19.3 Å². The average molecular weight is 384 g/mol. The van der Waals surface area contributed by atoms with Crippen molar-refractivity contribution in [1.29, 1.82) is 0 Å². The van der Waals surface area contributed by atoms with E-state index in [9.17, 15) is 13.2 Å². The summed E-state index contributed by atoms with van der Waals surface area (Å²) in [5.41, 5.74) is 6.75. The van der Waals surface area contributed by atoms with Crippen LogP contribution in [0.1, 0.15) is 45.4 Å². The predicted octanol–water partition coefficient (Wildman–Crippen LogP) is 2.69. The Balaban J connectivity index is 2.08. The maximum absolute atomic E-state index is 12.5. The first-order valence-electron chi connectivity index (χ1n) is 9.01. The molecule has 1 fully saturated rings. The summed E-state index contributed by atoms with van der Waals surface area (Å²) in [6, 6.07) is 4.85. The lowest BCUT2D eigenvalue weighted by molar-refractivity contribution is -0.118. The molecule has 0 heterocycles. The topological polar surface area (TPSA) is 111 Å². The average Bonchev–Trinajstić information content (AvgIpc) is 2.63. The van der Waals surface area contributed by atoms with Crippen LogP contribution in [0.25, 0.3) is 0 Å². The van der Waals surface area contributed by atoms with Crippen molar-refractivity contribution in [1.82, 2.24) is 0 Å². The van der Waals surface area contributed by atoms with Crippen LogP contribution >= 0.6 is 0 Å². The summed E-state index contributed by atoms with van der Waals surface area (Å²) in [5, 5.41) is 2.88. The van der Waals surface area contributed by atoms with Gasteiger partial charge in [-0.15, -0.1) is 0 Å². The van der Waals surface area contributed by atoms with Crippen LogP contribution in [0.15, 0.2) is 18.2 Å². The zero-order valence-electron chi connectivity index (χ0n) is 15.5. The number of hydrogen-bond donors (Lipinski definition) is 3. The van der Waals surface area contributed by atoms with E-state index >= 15 is 0 Å². The van der Waals surface area contributed by atoms with Crippen molar-refractivity contribution in [3.05, 3.63) is 18.2 Å². The normalized spacial score (nSPS) is 16.7. The molecule has 1 saturated carbocycles. The lowest BCUT2D eigenvalue weighted by Crippen LogP contribution is -2.36. The molecule has 1 aromatic carbocycles. The summed E-state index contributed by atoms with van der Waals surface area (Å²) >= 11 is 0. The summed E-state index contributed by atoms with van der Waals surface area (Å²) in [6.45, 7) is 2.07. The predicted molar refractivity (Wildman–Crippen MR) is 104 cm³/mol. The summed E-state index contributed by atoms with van der Waals surface area (Å²) in [4.78, 5) is 12.5. The highest BCUT2D eigenvalue weighted by atomic mass is 32.2. The number of nitrogens with two attached hydrogens (primary N) is 1. The van der Waals surface area contributed by atoms with Crippen molar-refractivity contribution < 1.29 is 17.9 Å². The van der Waals surface area contributed by atoms with E-state index in [0.717, 1.165) is 25.7 Å². The summed E-state index contributed by atoms with van der Waals surface area (Å²) in [6.07, 6.45) is 5.80. The summed E-state index contributed by atoms with van der Waals surface area (Å²) in [7, 11) is -1.95. The Morgan fingerprint density at radius 2 is 1.96 bits per heavy atom. The molecular formula is C18H29N3O4S. The SMILES string of the molecule is CCS(=O)(=O)Nc1ccc(NC(=O)CC2(CN)CCCCC2)cc1OC. The summed E-state index contributed by atoms with van der Waals surface area (Å²) in [5.74, 6) is 0.239. The minimum absolute atomic E-state index is 0.0319. The van der Waals surface area contributed by atoms with Crippen molar-refractivity contribution in [2.45, 2.75) is 45.4 Å². The van der Waals surface area contributed by atoms with Gasteiger partial charge in [0.15, 0.2) is 0 Å². The molecule has 8 heteroatoms. The lowest BCUT2D eigenvalue weighted by atomic mass is 9.71. The van der Waals surface area contributed by atoms with Crippen molar-refractivity contribution in [2.75, 3.05) is 29.4 Å². The minimum Gasteiger partial charge on any atom is -0.494 e. The molecule has 1 aromatic rings. The van der Waals surface area contributed by atoms with Gasteiger partial charge < -0.3 is 15.8 Å². The van der Waals surface area contributed by atoms with Crippen LogP contribution in [-0.2, 0) is 14.8 Å². The Morgan fingerprint density at radius 3 is 2.54 bits per heavy atom. The molecule has 0 aromatic heterocycles. The highest BCUT2D eigenvalue weighted by Crippen LogP contribution is 2.38. The number of hydrogen-bond acceptors (Lipinski definition) is 5. The van der Waals surface area contributed by atoms with Crippen molar-refractivity contribution in [2.24, 2.45) is 11.1 Å². The zero-order chi connectivity index (χ0) is 19.2. The number of amides is 1. The molecule has 1 aliphatic carbocycles. The van der Waals surface area contributed by atoms with Gasteiger partial charge in [0.1, 0.15) is 5.75 Å². The van der Waals surface area contributed by atoms with E-state index in [1.807, 2.05) is 0 Å². The Labute approximate surface area is 155 Å². The number of rotatable bonds is 8. The fraction of sp³-hybridized carbons (Fsp3) is 0.611. The molecule has 0 unspecified atom stereocenters. The van der Waals surface area contributed by atoms with Gasteiger partial charge in [0.25, 0.3) is 0 Å². The number of carbonyl (C=O) groups is 1. The Kier molecular flexibility index (Phi) is 6.88. The molecule has 1 aliphatic rings. The van der Waals surface area contributed by atoms with Gasteiger partial charge in [-0.3, -0.25) is 9.52 Å². The minimum atomic E-state index is -3.40. The number of carbonyl (C=O) groups excluding carboxylic acids is 1. The first-order chi connectivity index (χ1) is 12.3. The van der Waals surface area contributed by atoms with Crippen molar-refractivity contribution >= 4 is 27.3 Å². The number of methoxy groups -OCH3 is 1. The van der Waals surface area contributed by atoms with Crippen molar-refractivity contribution in [3.8, 4) is 5.75 Å². The van der Waals surface area contributed by atoms with Crippen LogP contribution in [-0.4, -0.2) is 33.7 Å². The number of benzene rings is 1. The molecule has 26 heavy (non-hydrogen) atoms. The second-order valence-corrected chi connectivity index (χ2v) is 8.92. The molecule has 0 radical (unpaired) electrons. The molecule has 0 atom stereocenters. The Hall–Kier alpha value is -1.80. The lowest BCUT2D eigenvalue weighted by Gasteiger charge is -2.35. The Morgan fingerprint density at radius 1 is 1.27 bits per heavy atom.